The molecule has 9 nitrogen and oxygen atoms in total. The predicted octanol–water partition coefficient (Wildman–Crippen LogP) is 1.27. The molecular weight excluding hydrogens is 408 g/mol. The van der Waals surface area contributed by atoms with Crippen molar-refractivity contribution in [1.82, 2.24) is 19.5 Å². The fourth-order valence-electron chi connectivity index (χ4n) is 4.41. The minimum absolute atomic E-state index is 0.00806. The van der Waals surface area contributed by atoms with Gasteiger partial charge >= 0.3 is 5.76 Å². The van der Waals surface area contributed by atoms with E-state index in [9.17, 15) is 18.0 Å². The Balaban J connectivity index is 1.26. The lowest BCUT2D eigenvalue weighted by Crippen LogP contribution is -2.52. The Morgan fingerprint density at radius 1 is 1.13 bits per heavy atom. The molecule has 2 N–H and O–H groups in total. The number of hydrogen-bond donors (Lipinski definition) is 2. The summed E-state index contributed by atoms with van der Waals surface area (Å²) >= 11 is 0. The Hall–Kier alpha value is -2.17. The number of sulfonamides is 1. The standard InChI is InChI=1S/C20H28N4O5S/c25-19(24-12-10-23(11-13-24)15-4-2-1-3-5-15)8-9-21-30(27,28)16-6-7-17-18(14-16)29-20(26)22-17/h6-7,14-15,21H,1-5,8-13H2,(H,22,26). The molecule has 0 atom stereocenters. The highest BCUT2D eigenvalue weighted by Gasteiger charge is 2.27. The van der Waals surface area contributed by atoms with Crippen LogP contribution in [0.3, 0.4) is 0 Å². The molecule has 164 valence electrons. The van der Waals surface area contributed by atoms with Crippen molar-refractivity contribution in [3.05, 3.63) is 28.7 Å². The molecular formula is C20H28N4O5S. The zero-order chi connectivity index (χ0) is 21.1. The molecule has 30 heavy (non-hydrogen) atoms. The van der Waals surface area contributed by atoms with Gasteiger partial charge in [0.25, 0.3) is 0 Å². The maximum Gasteiger partial charge on any atom is 0.417 e. The van der Waals surface area contributed by atoms with Crippen LogP contribution in [0.15, 0.2) is 32.3 Å². The summed E-state index contributed by atoms with van der Waals surface area (Å²) in [5, 5.41) is 0. The third-order valence-corrected chi connectivity index (χ3v) is 7.55. The highest BCUT2D eigenvalue weighted by atomic mass is 32.2. The third-order valence-electron chi connectivity index (χ3n) is 6.09. The van der Waals surface area contributed by atoms with E-state index in [1.54, 1.807) is 0 Å². The molecule has 1 aromatic carbocycles. The molecule has 4 rings (SSSR count). The summed E-state index contributed by atoms with van der Waals surface area (Å²) in [6.07, 6.45) is 6.56. The van der Waals surface area contributed by atoms with Crippen LogP contribution in [0, 0.1) is 0 Å². The Morgan fingerprint density at radius 2 is 1.87 bits per heavy atom. The molecule has 0 unspecified atom stereocenters. The minimum Gasteiger partial charge on any atom is -0.408 e. The van der Waals surface area contributed by atoms with E-state index < -0.39 is 15.8 Å². The number of hydrogen-bond acceptors (Lipinski definition) is 6. The van der Waals surface area contributed by atoms with Crippen molar-refractivity contribution in [2.45, 2.75) is 49.5 Å². The first-order valence-corrected chi connectivity index (χ1v) is 12.0. The fraction of sp³-hybridized carbons (Fsp3) is 0.600. The van der Waals surface area contributed by atoms with Gasteiger partial charge in [-0.3, -0.25) is 14.7 Å². The van der Waals surface area contributed by atoms with E-state index in [1.165, 1.54) is 50.3 Å². The van der Waals surface area contributed by atoms with E-state index in [-0.39, 0.29) is 29.4 Å². The molecule has 1 saturated heterocycles. The van der Waals surface area contributed by atoms with Gasteiger partial charge in [-0.05, 0) is 25.0 Å². The van der Waals surface area contributed by atoms with Gasteiger partial charge in [-0.2, -0.15) is 0 Å². The lowest BCUT2D eigenvalue weighted by Gasteiger charge is -2.40. The number of carbonyl (C=O) groups excluding carboxylic acids is 1. The molecule has 2 aliphatic rings. The quantitative estimate of drug-likeness (QED) is 0.705. The summed E-state index contributed by atoms with van der Waals surface area (Å²) in [6, 6.07) is 4.82. The normalized spacial score (nSPS) is 19.4. The average Bonchev–Trinajstić information content (AvgIpc) is 3.13. The van der Waals surface area contributed by atoms with Crippen LogP contribution >= 0.6 is 0 Å². The van der Waals surface area contributed by atoms with Gasteiger partial charge in [0.1, 0.15) is 0 Å². The molecule has 1 amide bonds. The van der Waals surface area contributed by atoms with Crippen LogP contribution in [-0.2, 0) is 14.8 Å². The number of nitrogens with zero attached hydrogens (tertiary/aromatic N) is 2. The van der Waals surface area contributed by atoms with Gasteiger partial charge in [0.15, 0.2) is 5.58 Å². The smallest absolute Gasteiger partial charge is 0.408 e. The van der Waals surface area contributed by atoms with Crippen molar-refractivity contribution < 1.29 is 17.6 Å². The van der Waals surface area contributed by atoms with Gasteiger partial charge in [-0.1, -0.05) is 19.3 Å². The number of piperazine rings is 1. The zero-order valence-electron chi connectivity index (χ0n) is 16.9. The molecule has 1 saturated carbocycles. The zero-order valence-corrected chi connectivity index (χ0v) is 17.7. The molecule has 0 spiro atoms. The summed E-state index contributed by atoms with van der Waals surface area (Å²) in [5.41, 5.74) is 0.608. The first-order chi connectivity index (χ1) is 14.4. The van der Waals surface area contributed by atoms with Crippen molar-refractivity contribution >= 4 is 27.0 Å². The van der Waals surface area contributed by atoms with Crippen molar-refractivity contribution in [3.63, 3.8) is 0 Å². The second-order valence-electron chi connectivity index (χ2n) is 8.03. The number of carbonyl (C=O) groups is 1. The van der Waals surface area contributed by atoms with E-state index in [0.717, 1.165) is 13.1 Å². The molecule has 1 aliphatic heterocycles. The SMILES string of the molecule is O=C(CCNS(=O)(=O)c1ccc2[nH]c(=O)oc2c1)N1CCN(C2CCCCC2)CC1. The second-order valence-corrected chi connectivity index (χ2v) is 9.80. The van der Waals surface area contributed by atoms with Crippen LogP contribution in [0.4, 0.5) is 0 Å². The molecule has 10 heteroatoms. The first kappa shape index (κ1) is 21.1. The fourth-order valence-corrected chi connectivity index (χ4v) is 5.46. The third kappa shape index (κ3) is 4.76. The Bertz CT molecular complexity index is 1050. The van der Waals surface area contributed by atoms with Gasteiger partial charge in [-0.15, -0.1) is 0 Å². The minimum atomic E-state index is -3.80. The molecule has 0 radical (unpaired) electrons. The lowest BCUT2D eigenvalue weighted by atomic mass is 9.94. The van der Waals surface area contributed by atoms with Gasteiger partial charge in [0, 0.05) is 51.3 Å². The summed E-state index contributed by atoms with van der Waals surface area (Å²) in [4.78, 5) is 30.5. The van der Waals surface area contributed by atoms with Crippen molar-refractivity contribution in [1.29, 1.82) is 0 Å². The molecule has 2 aromatic rings. The number of aromatic nitrogens is 1. The first-order valence-electron chi connectivity index (χ1n) is 10.6. The number of benzene rings is 1. The highest BCUT2D eigenvalue weighted by molar-refractivity contribution is 7.89. The van der Waals surface area contributed by atoms with E-state index >= 15 is 0 Å². The molecule has 2 heterocycles. The summed E-state index contributed by atoms with van der Waals surface area (Å²) in [7, 11) is -3.80. The Morgan fingerprint density at radius 3 is 2.60 bits per heavy atom. The van der Waals surface area contributed by atoms with Crippen LogP contribution < -0.4 is 10.5 Å². The summed E-state index contributed by atoms with van der Waals surface area (Å²) < 4.78 is 32.3. The van der Waals surface area contributed by atoms with Crippen molar-refractivity contribution in [2.24, 2.45) is 0 Å². The lowest BCUT2D eigenvalue weighted by molar-refractivity contribution is -0.133. The van der Waals surface area contributed by atoms with Gasteiger partial charge in [-0.25, -0.2) is 17.9 Å². The van der Waals surface area contributed by atoms with E-state index in [1.807, 2.05) is 4.90 Å². The predicted molar refractivity (Wildman–Crippen MR) is 112 cm³/mol. The molecule has 1 aromatic heterocycles. The number of fused-ring (bicyclic) bond motifs is 1. The number of aromatic amines is 1. The van der Waals surface area contributed by atoms with Gasteiger partial charge < -0.3 is 9.32 Å². The van der Waals surface area contributed by atoms with Crippen molar-refractivity contribution in [3.8, 4) is 0 Å². The number of oxazole rings is 1. The van der Waals surface area contributed by atoms with Crippen LogP contribution in [0.1, 0.15) is 38.5 Å². The largest absolute Gasteiger partial charge is 0.417 e. The number of H-pyrrole nitrogens is 1. The van der Waals surface area contributed by atoms with Crippen LogP contribution in [0.25, 0.3) is 11.1 Å². The van der Waals surface area contributed by atoms with Gasteiger partial charge in [0.05, 0.1) is 10.4 Å². The monoisotopic (exact) mass is 436 g/mol. The van der Waals surface area contributed by atoms with Gasteiger partial charge in [0.2, 0.25) is 15.9 Å². The maximum absolute atomic E-state index is 12.5. The van der Waals surface area contributed by atoms with Crippen LogP contribution in [-0.4, -0.2) is 67.9 Å². The Kier molecular flexibility index (Phi) is 6.26. The van der Waals surface area contributed by atoms with E-state index in [4.69, 9.17) is 4.42 Å². The average molecular weight is 437 g/mol. The topological polar surface area (TPSA) is 116 Å². The summed E-state index contributed by atoms with van der Waals surface area (Å²) in [6.45, 7) is 3.21. The van der Waals surface area contributed by atoms with E-state index in [2.05, 4.69) is 14.6 Å². The van der Waals surface area contributed by atoms with Crippen molar-refractivity contribution in [2.75, 3.05) is 32.7 Å². The van der Waals surface area contributed by atoms with E-state index in [0.29, 0.717) is 24.6 Å². The highest BCUT2D eigenvalue weighted by Crippen LogP contribution is 2.23. The Labute approximate surface area is 175 Å². The van der Waals surface area contributed by atoms with Crippen LogP contribution in [0.5, 0.6) is 0 Å². The summed E-state index contributed by atoms with van der Waals surface area (Å²) in [5.74, 6) is -0.672. The molecule has 1 aliphatic carbocycles. The van der Waals surface area contributed by atoms with Crippen LogP contribution in [0.2, 0.25) is 0 Å². The number of rotatable bonds is 6. The molecule has 2 fully saturated rings. The number of amides is 1. The maximum atomic E-state index is 12.5. The second kappa shape index (κ2) is 8.91. The molecule has 0 bridgehead atoms. The number of nitrogens with one attached hydrogen (secondary N) is 2.